The summed E-state index contributed by atoms with van der Waals surface area (Å²) in [6.07, 6.45) is 7.87. The first kappa shape index (κ1) is 7.69. The molecule has 4 rings (SSSR count). The number of imidazole rings is 1. The molecule has 1 aromatic heterocycles. The maximum atomic E-state index is 4.28. The third kappa shape index (κ3) is 0.717. The van der Waals surface area contributed by atoms with Crippen LogP contribution in [0.5, 0.6) is 0 Å². The van der Waals surface area contributed by atoms with Gasteiger partial charge in [0.25, 0.3) is 0 Å². The Balaban J connectivity index is 2.11. The summed E-state index contributed by atoms with van der Waals surface area (Å²) in [6.45, 7) is 0. The fourth-order valence-corrected chi connectivity index (χ4v) is 3.10. The van der Waals surface area contributed by atoms with Crippen molar-refractivity contribution in [1.82, 2.24) is 9.55 Å². The topological polar surface area (TPSA) is 17.8 Å². The van der Waals surface area contributed by atoms with Gasteiger partial charge in [-0.2, -0.15) is 0 Å². The SMILES string of the molecule is c1ccc2c(c1)-c1cncn1C21CCC1. The zero-order valence-corrected chi connectivity index (χ0v) is 8.48. The molecule has 2 aliphatic rings. The molecule has 0 amide bonds. The molecule has 2 heteroatoms. The first-order valence-electron chi connectivity index (χ1n) is 5.54. The van der Waals surface area contributed by atoms with Crippen LogP contribution < -0.4 is 0 Å². The lowest BCUT2D eigenvalue weighted by molar-refractivity contribution is 0.208. The quantitative estimate of drug-likeness (QED) is 0.633. The molecule has 0 unspecified atom stereocenters. The number of benzene rings is 1. The summed E-state index contributed by atoms with van der Waals surface area (Å²) in [6, 6.07) is 8.77. The summed E-state index contributed by atoms with van der Waals surface area (Å²) in [5, 5.41) is 0. The van der Waals surface area contributed by atoms with Crippen LogP contribution in [0.4, 0.5) is 0 Å². The molecule has 1 aliphatic heterocycles. The summed E-state index contributed by atoms with van der Waals surface area (Å²) in [4.78, 5) is 4.28. The van der Waals surface area contributed by atoms with Gasteiger partial charge in [0.05, 0.1) is 23.8 Å². The molecule has 1 aromatic carbocycles. The van der Waals surface area contributed by atoms with Gasteiger partial charge in [-0.1, -0.05) is 24.3 Å². The second-order valence-corrected chi connectivity index (χ2v) is 4.58. The van der Waals surface area contributed by atoms with Crippen molar-refractivity contribution in [2.45, 2.75) is 24.8 Å². The van der Waals surface area contributed by atoms with Crippen LogP contribution >= 0.6 is 0 Å². The van der Waals surface area contributed by atoms with E-state index in [1.165, 1.54) is 36.1 Å². The van der Waals surface area contributed by atoms with E-state index in [9.17, 15) is 0 Å². The van der Waals surface area contributed by atoms with E-state index in [0.29, 0.717) is 0 Å². The van der Waals surface area contributed by atoms with Crippen LogP contribution in [0.2, 0.25) is 0 Å². The summed E-state index contributed by atoms with van der Waals surface area (Å²) in [5.41, 5.74) is 4.45. The van der Waals surface area contributed by atoms with Crippen LogP contribution in [0.3, 0.4) is 0 Å². The molecule has 1 aliphatic carbocycles. The van der Waals surface area contributed by atoms with Gasteiger partial charge in [-0.3, -0.25) is 0 Å². The Morgan fingerprint density at radius 3 is 2.87 bits per heavy atom. The van der Waals surface area contributed by atoms with Crippen LogP contribution in [0.15, 0.2) is 36.8 Å². The molecule has 0 N–H and O–H groups in total. The van der Waals surface area contributed by atoms with E-state index >= 15 is 0 Å². The standard InChI is InChI=1S/C13H12N2/c1-2-5-11-10(4-1)12-8-14-9-15(12)13(11)6-3-7-13/h1-2,4-5,8-9H,3,6-7H2. The lowest BCUT2D eigenvalue weighted by Crippen LogP contribution is -2.38. The number of hydrogen-bond acceptors (Lipinski definition) is 1. The second kappa shape index (κ2) is 2.32. The maximum absolute atomic E-state index is 4.28. The summed E-state index contributed by atoms with van der Waals surface area (Å²) in [5.74, 6) is 0. The third-order valence-electron chi connectivity index (χ3n) is 3.98. The monoisotopic (exact) mass is 196 g/mol. The van der Waals surface area contributed by atoms with Crippen molar-refractivity contribution in [3.63, 3.8) is 0 Å². The smallest absolute Gasteiger partial charge is 0.0958 e. The molecule has 1 saturated carbocycles. The molecular weight excluding hydrogens is 184 g/mol. The Hall–Kier alpha value is -1.57. The molecule has 2 nitrogen and oxygen atoms in total. The number of rotatable bonds is 0. The van der Waals surface area contributed by atoms with Gasteiger partial charge in [-0.05, 0) is 24.8 Å². The molecule has 74 valence electrons. The minimum Gasteiger partial charge on any atom is -0.320 e. The van der Waals surface area contributed by atoms with Crippen molar-refractivity contribution >= 4 is 0 Å². The van der Waals surface area contributed by atoms with E-state index in [1.54, 1.807) is 0 Å². The number of fused-ring (bicyclic) bond motifs is 5. The highest BCUT2D eigenvalue weighted by atomic mass is 15.2. The average molecular weight is 196 g/mol. The van der Waals surface area contributed by atoms with Gasteiger partial charge in [-0.15, -0.1) is 0 Å². The first-order chi connectivity index (χ1) is 7.42. The van der Waals surface area contributed by atoms with Crippen LogP contribution in [-0.2, 0) is 5.54 Å². The predicted octanol–water partition coefficient (Wildman–Crippen LogP) is 2.79. The molecule has 0 saturated heterocycles. The van der Waals surface area contributed by atoms with Gasteiger partial charge in [0, 0.05) is 5.56 Å². The van der Waals surface area contributed by atoms with E-state index in [4.69, 9.17) is 0 Å². The molecule has 15 heavy (non-hydrogen) atoms. The minimum atomic E-state index is 0.266. The lowest BCUT2D eigenvalue weighted by atomic mass is 9.72. The molecule has 2 heterocycles. The van der Waals surface area contributed by atoms with Crippen molar-refractivity contribution < 1.29 is 0 Å². The molecule has 0 bridgehead atoms. The summed E-state index contributed by atoms with van der Waals surface area (Å²) < 4.78 is 2.38. The van der Waals surface area contributed by atoms with E-state index in [2.05, 4.69) is 33.8 Å². The zero-order chi connectivity index (χ0) is 9.88. The molecule has 2 aromatic rings. The number of hydrogen-bond donors (Lipinski definition) is 0. The van der Waals surface area contributed by atoms with Gasteiger partial charge in [0.15, 0.2) is 0 Å². The molecule has 0 radical (unpaired) electrons. The van der Waals surface area contributed by atoms with E-state index < -0.39 is 0 Å². The van der Waals surface area contributed by atoms with Crippen molar-refractivity contribution in [3.8, 4) is 11.3 Å². The van der Waals surface area contributed by atoms with Crippen molar-refractivity contribution in [2.24, 2.45) is 0 Å². The van der Waals surface area contributed by atoms with Gasteiger partial charge in [0.1, 0.15) is 0 Å². The van der Waals surface area contributed by atoms with E-state index in [0.717, 1.165) is 0 Å². The van der Waals surface area contributed by atoms with Gasteiger partial charge in [-0.25, -0.2) is 4.98 Å². The fourth-order valence-electron chi connectivity index (χ4n) is 3.10. The van der Waals surface area contributed by atoms with Crippen LogP contribution in [0.1, 0.15) is 24.8 Å². The van der Waals surface area contributed by atoms with Crippen molar-refractivity contribution in [3.05, 3.63) is 42.4 Å². The van der Waals surface area contributed by atoms with E-state index in [1.807, 2.05) is 12.5 Å². The Morgan fingerprint density at radius 2 is 2.07 bits per heavy atom. The Morgan fingerprint density at radius 1 is 1.20 bits per heavy atom. The highest BCUT2D eigenvalue weighted by molar-refractivity contribution is 5.71. The Kier molecular flexibility index (Phi) is 1.19. The van der Waals surface area contributed by atoms with Crippen molar-refractivity contribution in [2.75, 3.05) is 0 Å². The van der Waals surface area contributed by atoms with Gasteiger partial charge in [0.2, 0.25) is 0 Å². The first-order valence-corrected chi connectivity index (χ1v) is 5.54. The predicted molar refractivity (Wildman–Crippen MR) is 58.6 cm³/mol. The van der Waals surface area contributed by atoms with E-state index in [-0.39, 0.29) is 5.54 Å². The van der Waals surface area contributed by atoms with Crippen LogP contribution in [0.25, 0.3) is 11.3 Å². The van der Waals surface area contributed by atoms with Gasteiger partial charge >= 0.3 is 0 Å². The Labute approximate surface area is 88.6 Å². The highest BCUT2D eigenvalue weighted by Gasteiger charge is 2.46. The maximum Gasteiger partial charge on any atom is 0.0958 e. The molecule has 0 atom stereocenters. The fraction of sp³-hybridized carbons (Fsp3) is 0.308. The largest absolute Gasteiger partial charge is 0.320 e. The van der Waals surface area contributed by atoms with Gasteiger partial charge < -0.3 is 4.57 Å². The lowest BCUT2D eigenvalue weighted by Gasteiger charge is -2.41. The third-order valence-corrected chi connectivity index (χ3v) is 3.98. The highest BCUT2D eigenvalue weighted by Crippen LogP contribution is 2.53. The number of aromatic nitrogens is 2. The minimum absolute atomic E-state index is 0.266. The summed E-state index contributed by atoms with van der Waals surface area (Å²) >= 11 is 0. The normalized spacial score (nSPS) is 19.7. The molecule has 1 fully saturated rings. The number of nitrogens with zero attached hydrogens (tertiary/aromatic N) is 2. The average Bonchev–Trinajstić information content (AvgIpc) is 2.73. The van der Waals surface area contributed by atoms with Crippen molar-refractivity contribution in [1.29, 1.82) is 0 Å². The molecular formula is C13H12N2. The van der Waals surface area contributed by atoms with Crippen LogP contribution in [-0.4, -0.2) is 9.55 Å². The van der Waals surface area contributed by atoms with Crippen LogP contribution in [0, 0.1) is 0 Å². The second-order valence-electron chi connectivity index (χ2n) is 4.58. The zero-order valence-electron chi connectivity index (χ0n) is 8.48. The summed E-state index contributed by atoms with van der Waals surface area (Å²) in [7, 11) is 0. The molecule has 1 spiro atoms. The Bertz CT molecular complexity index is 535.